The molecule has 1 atom stereocenters. The number of furan rings is 1. The Morgan fingerprint density at radius 2 is 1.84 bits per heavy atom. The lowest BCUT2D eigenvalue weighted by Crippen LogP contribution is -2.33. The molecule has 0 saturated heterocycles. The summed E-state index contributed by atoms with van der Waals surface area (Å²) in [5.41, 5.74) is 4.07. The van der Waals surface area contributed by atoms with Crippen molar-refractivity contribution in [2.45, 2.75) is 39.7 Å². The number of benzene rings is 1. The van der Waals surface area contributed by atoms with Crippen LogP contribution in [-0.2, 0) is 12.8 Å². The Hall–Kier alpha value is -1.54. The van der Waals surface area contributed by atoms with Crippen molar-refractivity contribution >= 4 is 0 Å². The number of hydrogen-bond donors (Lipinski definition) is 1. The van der Waals surface area contributed by atoms with Crippen LogP contribution < -0.4 is 5.32 Å². The third kappa shape index (κ3) is 4.25. The van der Waals surface area contributed by atoms with Crippen molar-refractivity contribution in [3.63, 3.8) is 0 Å². The van der Waals surface area contributed by atoms with E-state index in [0.29, 0.717) is 6.04 Å². The number of rotatable bonds is 6. The predicted octanol–water partition coefficient (Wildman–Crippen LogP) is 3.66. The minimum atomic E-state index is 0.428. The molecule has 102 valence electrons. The van der Waals surface area contributed by atoms with Crippen LogP contribution in [-0.4, -0.2) is 12.6 Å². The van der Waals surface area contributed by atoms with Gasteiger partial charge in [-0.3, -0.25) is 0 Å². The zero-order chi connectivity index (χ0) is 13.7. The molecule has 1 aromatic heterocycles. The second-order valence-electron chi connectivity index (χ2n) is 5.24. The normalized spacial score (nSPS) is 12.6. The lowest BCUT2D eigenvalue weighted by atomic mass is 9.99. The van der Waals surface area contributed by atoms with Crippen LogP contribution >= 0.6 is 0 Å². The van der Waals surface area contributed by atoms with Crippen LogP contribution in [0.4, 0.5) is 0 Å². The summed E-state index contributed by atoms with van der Waals surface area (Å²) in [5, 5.41) is 3.55. The van der Waals surface area contributed by atoms with Crippen LogP contribution in [0.5, 0.6) is 0 Å². The standard InChI is InChI=1S/C17H23NO/c1-4-18-16(12-17-6-5-7-19-17)11-15-9-13(2)8-14(3)10-15/h5-10,16,18H,4,11-12H2,1-3H3. The first kappa shape index (κ1) is 13.9. The Labute approximate surface area is 115 Å². The molecule has 0 aliphatic carbocycles. The summed E-state index contributed by atoms with van der Waals surface area (Å²) in [6, 6.07) is 11.2. The van der Waals surface area contributed by atoms with E-state index in [-0.39, 0.29) is 0 Å². The summed E-state index contributed by atoms with van der Waals surface area (Å²) in [6.45, 7) is 7.45. The van der Waals surface area contributed by atoms with E-state index in [1.165, 1.54) is 16.7 Å². The third-order valence-corrected chi connectivity index (χ3v) is 3.28. The molecule has 1 unspecified atom stereocenters. The molecular weight excluding hydrogens is 234 g/mol. The molecule has 0 radical (unpaired) electrons. The second kappa shape index (κ2) is 6.58. The molecule has 1 N–H and O–H groups in total. The summed E-state index contributed by atoms with van der Waals surface area (Å²) in [5.74, 6) is 1.05. The molecular formula is C17H23NO. The van der Waals surface area contributed by atoms with Gasteiger partial charge in [0.15, 0.2) is 0 Å². The van der Waals surface area contributed by atoms with Gasteiger partial charge in [-0.15, -0.1) is 0 Å². The van der Waals surface area contributed by atoms with Gasteiger partial charge in [-0.1, -0.05) is 36.2 Å². The maximum absolute atomic E-state index is 5.46. The molecule has 19 heavy (non-hydrogen) atoms. The molecule has 1 aromatic carbocycles. The van der Waals surface area contributed by atoms with Crippen LogP contribution in [0.15, 0.2) is 41.0 Å². The molecule has 0 fully saturated rings. The van der Waals surface area contributed by atoms with Gasteiger partial charge in [0, 0.05) is 12.5 Å². The molecule has 1 heterocycles. The van der Waals surface area contributed by atoms with E-state index in [4.69, 9.17) is 4.42 Å². The van der Waals surface area contributed by atoms with E-state index in [9.17, 15) is 0 Å². The molecule has 2 heteroatoms. The fourth-order valence-electron chi connectivity index (χ4n) is 2.65. The van der Waals surface area contributed by atoms with Crippen LogP contribution in [0.25, 0.3) is 0 Å². The fourth-order valence-corrected chi connectivity index (χ4v) is 2.65. The fraction of sp³-hybridized carbons (Fsp3) is 0.412. The van der Waals surface area contributed by atoms with Crippen molar-refractivity contribution in [1.29, 1.82) is 0 Å². The Kier molecular flexibility index (Phi) is 4.80. The highest BCUT2D eigenvalue weighted by atomic mass is 16.3. The van der Waals surface area contributed by atoms with Gasteiger partial charge in [-0.25, -0.2) is 0 Å². The quantitative estimate of drug-likeness (QED) is 0.854. The van der Waals surface area contributed by atoms with Crippen molar-refractivity contribution in [3.8, 4) is 0 Å². The smallest absolute Gasteiger partial charge is 0.105 e. The van der Waals surface area contributed by atoms with Crippen molar-refractivity contribution in [2.24, 2.45) is 0 Å². The summed E-state index contributed by atoms with van der Waals surface area (Å²) in [7, 11) is 0. The highest BCUT2D eigenvalue weighted by molar-refractivity contribution is 5.29. The van der Waals surface area contributed by atoms with E-state index in [0.717, 1.165) is 25.1 Å². The molecule has 0 bridgehead atoms. The van der Waals surface area contributed by atoms with Gasteiger partial charge in [-0.2, -0.15) is 0 Å². The Balaban J connectivity index is 2.07. The van der Waals surface area contributed by atoms with Crippen molar-refractivity contribution in [3.05, 3.63) is 59.0 Å². The van der Waals surface area contributed by atoms with Gasteiger partial charge in [0.2, 0.25) is 0 Å². The summed E-state index contributed by atoms with van der Waals surface area (Å²) in [4.78, 5) is 0. The Bertz CT molecular complexity index is 482. The van der Waals surface area contributed by atoms with Crippen LogP contribution in [0, 0.1) is 13.8 Å². The van der Waals surface area contributed by atoms with Crippen molar-refractivity contribution in [1.82, 2.24) is 5.32 Å². The molecule has 2 aromatic rings. The van der Waals surface area contributed by atoms with Gasteiger partial charge in [0.05, 0.1) is 6.26 Å². The Morgan fingerprint density at radius 1 is 1.11 bits per heavy atom. The number of aryl methyl sites for hydroxylation is 2. The predicted molar refractivity (Wildman–Crippen MR) is 79.5 cm³/mol. The third-order valence-electron chi connectivity index (χ3n) is 3.28. The second-order valence-corrected chi connectivity index (χ2v) is 5.24. The molecule has 0 aliphatic rings. The van der Waals surface area contributed by atoms with E-state index in [1.54, 1.807) is 6.26 Å². The summed E-state index contributed by atoms with van der Waals surface area (Å²) < 4.78 is 5.46. The van der Waals surface area contributed by atoms with E-state index in [2.05, 4.69) is 44.3 Å². The molecule has 0 saturated carbocycles. The van der Waals surface area contributed by atoms with Crippen molar-refractivity contribution in [2.75, 3.05) is 6.54 Å². The molecule has 0 aliphatic heterocycles. The van der Waals surface area contributed by atoms with Crippen LogP contribution in [0.1, 0.15) is 29.4 Å². The van der Waals surface area contributed by atoms with Gasteiger partial charge in [0.1, 0.15) is 5.76 Å². The number of likely N-dealkylation sites (N-methyl/N-ethyl adjacent to an activating group) is 1. The average Bonchev–Trinajstić information content (AvgIpc) is 2.80. The van der Waals surface area contributed by atoms with Gasteiger partial charge < -0.3 is 9.73 Å². The maximum Gasteiger partial charge on any atom is 0.105 e. The average molecular weight is 257 g/mol. The molecule has 2 nitrogen and oxygen atoms in total. The summed E-state index contributed by atoms with van der Waals surface area (Å²) >= 11 is 0. The molecule has 0 spiro atoms. The first-order valence-corrected chi connectivity index (χ1v) is 7.00. The van der Waals surface area contributed by atoms with Crippen molar-refractivity contribution < 1.29 is 4.42 Å². The minimum Gasteiger partial charge on any atom is -0.469 e. The van der Waals surface area contributed by atoms with Gasteiger partial charge in [-0.05, 0) is 44.5 Å². The summed E-state index contributed by atoms with van der Waals surface area (Å²) in [6.07, 6.45) is 3.72. The highest BCUT2D eigenvalue weighted by Gasteiger charge is 2.11. The van der Waals surface area contributed by atoms with E-state index in [1.807, 2.05) is 12.1 Å². The first-order valence-electron chi connectivity index (χ1n) is 7.00. The number of hydrogen-bond acceptors (Lipinski definition) is 2. The largest absolute Gasteiger partial charge is 0.469 e. The van der Waals surface area contributed by atoms with Crippen LogP contribution in [0.3, 0.4) is 0 Å². The van der Waals surface area contributed by atoms with E-state index >= 15 is 0 Å². The van der Waals surface area contributed by atoms with Gasteiger partial charge >= 0.3 is 0 Å². The highest BCUT2D eigenvalue weighted by Crippen LogP contribution is 2.13. The topological polar surface area (TPSA) is 25.2 Å². The Morgan fingerprint density at radius 3 is 2.42 bits per heavy atom. The lowest BCUT2D eigenvalue weighted by Gasteiger charge is -2.17. The van der Waals surface area contributed by atoms with Gasteiger partial charge in [0.25, 0.3) is 0 Å². The first-order chi connectivity index (χ1) is 9.17. The van der Waals surface area contributed by atoms with E-state index < -0.39 is 0 Å². The lowest BCUT2D eigenvalue weighted by molar-refractivity contribution is 0.444. The molecule has 0 amide bonds. The SMILES string of the molecule is CCNC(Cc1cc(C)cc(C)c1)Cc1ccco1. The number of nitrogens with one attached hydrogen (secondary N) is 1. The maximum atomic E-state index is 5.46. The zero-order valence-corrected chi connectivity index (χ0v) is 12.1. The zero-order valence-electron chi connectivity index (χ0n) is 12.1. The monoisotopic (exact) mass is 257 g/mol. The molecule has 2 rings (SSSR count). The minimum absolute atomic E-state index is 0.428. The van der Waals surface area contributed by atoms with Crippen LogP contribution in [0.2, 0.25) is 0 Å².